The van der Waals surface area contributed by atoms with Gasteiger partial charge in [-0.1, -0.05) is 79.6 Å². The summed E-state index contributed by atoms with van der Waals surface area (Å²) in [6, 6.07) is 24.0. The van der Waals surface area contributed by atoms with Gasteiger partial charge in [0.15, 0.2) is 6.29 Å². The smallest absolute Gasteiger partial charge is 0.240 e. The molecule has 1 aliphatic carbocycles. The molecule has 0 bridgehead atoms. The second kappa shape index (κ2) is 15.4. The van der Waals surface area contributed by atoms with Crippen molar-refractivity contribution in [3.05, 3.63) is 101 Å². The first-order valence-electron chi connectivity index (χ1n) is 17.7. The zero-order chi connectivity index (χ0) is 34.6. The van der Waals surface area contributed by atoms with Crippen LogP contribution < -0.4 is 10.0 Å². The molecule has 3 aromatic rings. The number of rotatable bonds is 10. The van der Waals surface area contributed by atoms with E-state index >= 15 is 0 Å². The summed E-state index contributed by atoms with van der Waals surface area (Å²) >= 11 is 0. The lowest BCUT2D eigenvalue weighted by atomic mass is 9.75. The second-order valence-electron chi connectivity index (χ2n) is 14.9. The summed E-state index contributed by atoms with van der Waals surface area (Å²) in [5.41, 5.74) is 3.19. The number of ether oxygens (including phenoxy) is 2. The number of benzene rings is 3. The van der Waals surface area contributed by atoms with Crippen LogP contribution in [0.15, 0.2) is 83.8 Å². The van der Waals surface area contributed by atoms with Crippen LogP contribution >= 0.6 is 0 Å². The maximum atomic E-state index is 13.7. The van der Waals surface area contributed by atoms with Gasteiger partial charge in [-0.3, -0.25) is 9.69 Å². The maximum Gasteiger partial charge on any atom is 0.240 e. The molecule has 49 heavy (non-hydrogen) atoms. The van der Waals surface area contributed by atoms with Crippen LogP contribution in [0.5, 0.6) is 0 Å². The largest absolute Gasteiger partial charge is 0.392 e. The predicted molar refractivity (Wildman–Crippen MR) is 189 cm³/mol. The number of carbonyl (C=O) groups excluding carboxylic acids is 1. The number of hydrogen-bond acceptors (Lipinski definition) is 7. The van der Waals surface area contributed by atoms with E-state index in [1.54, 1.807) is 30.3 Å². The van der Waals surface area contributed by atoms with Crippen molar-refractivity contribution in [3.63, 3.8) is 0 Å². The first kappa shape index (κ1) is 35.7. The zero-order valence-corrected chi connectivity index (χ0v) is 29.7. The molecule has 10 heteroatoms. The van der Waals surface area contributed by atoms with Gasteiger partial charge in [-0.25, -0.2) is 13.1 Å². The fourth-order valence-electron chi connectivity index (χ4n) is 7.65. The van der Waals surface area contributed by atoms with Crippen LogP contribution in [-0.4, -0.2) is 54.6 Å². The molecular formula is C39H51N3O6S. The van der Waals surface area contributed by atoms with Crippen molar-refractivity contribution in [3.8, 4) is 0 Å². The molecule has 0 unspecified atom stereocenters. The Bertz CT molecular complexity index is 1640. The molecule has 3 N–H and O–H groups in total. The number of amides is 1. The SMILES string of the molecule is CC(C)(C)NC(=O)[C@H]1CC[C@H]2CCCC[C@H]2N1C[C@H]1C[C@@H](c2ccc(CO)cc2)O[C@@H](c2ccc(CNS(=O)(=O)c3ccccc3)cc2)O1. The molecule has 1 saturated carbocycles. The number of carbonyl (C=O) groups is 1. The summed E-state index contributed by atoms with van der Waals surface area (Å²) in [5, 5.41) is 12.9. The van der Waals surface area contributed by atoms with Gasteiger partial charge >= 0.3 is 0 Å². The molecule has 3 fully saturated rings. The van der Waals surface area contributed by atoms with Crippen LogP contribution in [0.25, 0.3) is 0 Å². The van der Waals surface area contributed by atoms with Crippen molar-refractivity contribution in [1.29, 1.82) is 0 Å². The number of piperidine rings is 1. The number of sulfonamides is 1. The topological polar surface area (TPSA) is 117 Å². The van der Waals surface area contributed by atoms with E-state index in [1.165, 1.54) is 19.3 Å². The van der Waals surface area contributed by atoms with Crippen molar-refractivity contribution in [2.45, 2.75) is 120 Å². The minimum absolute atomic E-state index is 0.0243. The van der Waals surface area contributed by atoms with Gasteiger partial charge in [0.2, 0.25) is 15.9 Å². The fraction of sp³-hybridized carbons (Fsp3) is 0.513. The Labute approximate surface area is 291 Å². The van der Waals surface area contributed by atoms with E-state index in [-0.39, 0.29) is 47.7 Å². The van der Waals surface area contributed by atoms with Gasteiger partial charge in [0, 0.05) is 36.7 Å². The molecule has 0 spiro atoms. The number of aliphatic hydroxyl groups is 1. The summed E-state index contributed by atoms with van der Waals surface area (Å²) in [6.07, 6.45) is 6.20. The van der Waals surface area contributed by atoms with Crippen molar-refractivity contribution in [2.75, 3.05) is 6.54 Å². The molecule has 0 radical (unpaired) electrons. The number of aliphatic hydroxyl groups excluding tert-OH is 1. The van der Waals surface area contributed by atoms with Gasteiger partial charge in [-0.15, -0.1) is 0 Å². The molecule has 6 atom stereocenters. The third-order valence-electron chi connectivity index (χ3n) is 10.1. The van der Waals surface area contributed by atoms with E-state index in [0.717, 1.165) is 41.5 Å². The highest BCUT2D eigenvalue weighted by atomic mass is 32.2. The van der Waals surface area contributed by atoms with Crippen LogP contribution in [0.3, 0.4) is 0 Å². The minimum atomic E-state index is -3.63. The van der Waals surface area contributed by atoms with Crippen molar-refractivity contribution < 1.29 is 27.8 Å². The highest BCUT2D eigenvalue weighted by molar-refractivity contribution is 7.89. The molecule has 1 amide bonds. The van der Waals surface area contributed by atoms with Gasteiger partial charge in [0.1, 0.15) is 0 Å². The molecular weight excluding hydrogens is 639 g/mol. The number of nitrogens with zero attached hydrogens (tertiary/aromatic N) is 1. The fourth-order valence-corrected chi connectivity index (χ4v) is 8.69. The minimum Gasteiger partial charge on any atom is -0.392 e. The number of nitrogens with one attached hydrogen (secondary N) is 2. The molecule has 0 aromatic heterocycles. The zero-order valence-electron chi connectivity index (χ0n) is 28.9. The molecule has 2 aliphatic heterocycles. The normalized spacial score (nSPS) is 26.5. The van der Waals surface area contributed by atoms with E-state index in [1.807, 2.05) is 69.3 Å². The van der Waals surface area contributed by atoms with Crippen molar-refractivity contribution >= 4 is 15.9 Å². The Morgan fingerprint density at radius 3 is 2.22 bits per heavy atom. The number of likely N-dealkylation sites (tertiary alicyclic amines) is 1. The summed E-state index contributed by atoms with van der Waals surface area (Å²) in [6.45, 7) is 6.86. The third kappa shape index (κ3) is 8.98. The second-order valence-corrected chi connectivity index (χ2v) is 16.6. The van der Waals surface area contributed by atoms with E-state index in [9.17, 15) is 18.3 Å². The molecule has 264 valence electrons. The quantitative estimate of drug-likeness (QED) is 0.234. The van der Waals surface area contributed by atoms with Gasteiger partial charge in [-0.05, 0) is 81.2 Å². The third-order valence-corrected chi connectivity index (χ3v) is 11.5. The molecule has 3 aromatic carbocycles. The van der Waals surface area contributed by atoms with Crippen LogP contribution in [0.1, 0.15) is 100 Å². The molecule has 2 heterocycles. The molecule has 6 rings (SSSR count). The van der Waals surface area contributed by atoms with Crippen LogP contribution in [0.4, 0.5) is 0 Å². The summed E-state index contributed by atoms with van der Waals surface area (Å²) in [5.74, 6) is 0.687. The van der Waals surface area contributed by atoms with Gasteiger partial charge in [0.05, 0.1) is 29.8 Å². The lowest BCUT2D eigenvalue weighted by molar-refractivity contribution is -0.255. The predicted octanol–water partition coefficient (Wildman–Crippen LogP) is 6.14. The summed E-state index contributed by atoms with van der Waals surface area (Å²) < 4.78 is 41.6. The Kier molecular flexibility index (Phi) is 11.2. The standard InChI is InChI=1S/C39H51N3O6S/c1-39(2,3)41-37(44)35-22-21-29-9-7-8-12-34(29)42(35)25-32-23-36(30-17-15-28(26-43)16-18-30)48-38(47-32)31-19-13-27(14-20-31)24-40-49(45,46)33-10-5-4-6-11-33/h4-6,10-11,13-20,29,32,34-36,38,40,43H,7-9,12,21-26H2,1-3H3,(H,41,44)/t29-,32-,34-,35-,36+,38+/m1/s1. The Hall–Kier alpha value is -3.12. The van der Waals surface area contributed by atoms with Crippen LogP contribution in [0, 0.1) is 5.92 Å². The van der Waals surface area contributed by atoms with Crippen LogP contribution in [0.2, 0.25) is 0 Å². The Morgan fingerprint density at radius 1 is 0.857 bits per heavy atom. The Balaban J connectivity index is 1.22. The first-order valence-corrected chi connectivity index (χ1v) is 19.2. The van der Waals surface area contributed by atoms with E-state index in [4.69, 9.17) is 9.47 Å². The van der Waals surface area contributed by atoms with Crippen molar-refractivity contribution in [1.82, 2.24) is 14.9 Å². The van der Waals surface area contributed by atoms with Gasteiger partial charge < -0.3 is 19.9 Å². The van der Waals surface area contributed by atoms with Crippen molar-refractivity contribution in [2.24, 2.45) is 5.92 Å². The average Bonchev–Trinajstić information content (AvgIpc) is 3.10. The lowest BCUT2D eigenvalue weighted by Gasteiger charge is -2.50. The monoisotopic (exact) mass is 689 g/mol. The number of fused-ring (bicyclic) bond motifs is 1. The summed E-state index contributed by atoms with van der Waals surface area (Å²) in [7, 11) is -3.63. The average molecular weight is 690 g/mol. The highest BCUT2D eigenvalue weighted by Crippen LogP contribution is 2.42. The van der Waals surface area contributed by atoms with Crippen LogP contribution in [-0.2, 0) is 37.4 Å². The Morgan fingerprint density at radius 2 is 1.53 bits per heavy atom. The first-order chi connectivity index (χ1) is 23.5. The molecule has 3 aliphatic rings. The van der Waals surface area contributed by atoms with Gasteiger partial charge in [-0.2, -0.15) is 0 Å². The summed E-state index contributed by atoms with van der Waals surface area (Å²) in [4.78, 5) is 16.4. The molecule has 2 saturated heterocycles. The molecule has 9 nitrogen and oxygen atoms in total. The van der Waals surface area contributed by atoms with E-state index in [2.05, 4.69) is 14.9 Å². The number of hydrogen-bond donors (Lipinski definition) is 3. The maximum absolute atomic E-state index is 13.7. The lowest BCUT2D eigenvalue weighted by Crippen LogP contribution is -2.61. The highest BCUT2D eigenvalue weighted by Gasteiger charge is 2.44. The van der Waals surface area contributed by atoms with E-state index < -0.39 is 16.3 Å². The van der Waals surface area contributed by atoms with Gasteiger partial charge in [0.25, 0.3) is 0 Å². The van der Waals surface area contributed by atoms with E-state index in [0.29, 0.717) is 24.9 Å².